The van der Waals surface area contributed by atoms with E-state index in [-0.39, 0.29) is 12.1 Å². The van der Waals surface area contributed by atoms with Gasteiger partial charge in [-0.3, -0.25) is 4.79 Å². The molecule has 0 bridgehead atoms. The Hall–Kier alpha value is -2.10. The number of carboxylic acid groups (broad SMARTS) is 1. The van der Waals surface area contributed by atoms with Gasteiger partial charge in [0.1, 0.15) is 12.4 Å². The van der Waals surface area contributed by atoms with E-state index >= 15 is 0 Å². The van der Waals surface area contributed by atoms with Crippen LogP contribution in [0.3, 0.4) is 0 Å². The lowest BCUT2D eigenvalue weighted by molar-refractivity contribution is -0.135. The van der Waals surface area contributed by atoms with Gasteiger partial charge < -0.3 is 10.0 Å². The normalized spacial score (nSPS) is 11.5. The van der Waals surface area contributed by atoms with Crippen LogP contribution in [0, 0.1) is 0 Å². The molecule has 100 valence electrons. The number of hydrogen-bond donors (Lipinski definition) is 1. The van der Waals surface area contributed by atoms with Crippen LogP contribution in [0.1, 0.15) is 20.8 Å². The number of fused-ring (bicyclic) bond motifs is 1. The van der Waals surface area contributed by atoms with Crippen LogP contribution in [0.4, 0.5) is 5.82 Å². The molecule has 0 saturated carbocycles. The Bertz CT molecular complexity index is 597. The number of rotatable bonds is 3. The zero-order valence-corrected chi connectivity index (χ0v) is 11.4. The summed E-state index contributed by atoms with van der Waals surface area (Å²) in [5.74, 6) is -0.141. The monoisotopic (exact) mass is 258 g/mol. The van der Waals surface area contributed by atoms with Crippen molar-refractivity contribution in [1.82, 2.24) is 4.98 Å². The van der Waals surface area contributed by atoms with Gasteiger partial charge in [-0.05, 0) is 32.2 Å². The predicted octanol–water partition coefficient (Wildman–Crippen LogP) is 2.92. The van der Waals surface area contributed by atoms with E-state index in [1.54, 1.807) is 6.20 Å². The number of aliphatic carboxylic acids is 1. The Morgan fingerprint density at radius 3 is 2.58 bits per heavy atom. The molecule has 0 amide bonds. The third kappa shape index (κ3) is 2.84. The lowest BCUT2D eigenvalue weighted by atomic mass is 10.0. The Balaban J connectivity index is 2.59. The Labute approximate surface area is 112 Å². The number of pyridine rings is 1. The minimum absolute atomic E-state index is 0.0650. The molecule has 0 aliphatic rings. The summed E-state index contributed by atoms with van der Waals surface area (Å²) in [5.41, 5.74) is -0.310. The van der Waals surface area contributed by atoms with Gasteiger partial charge in [-0.2, -0.15) is 0 Å². The average Bonchev–Trinajstić information content (AvgIpc) is 2.34. The summed E-state index contributed by atoms with van der Waals surface area (Å²) in [4.78, 5) is 17.3. The van der Waals surface area contributed by atoms with E-state index in [1.807, 2.05) is 56.0 Å². The quantitative estimate of drug-likeness (QED) is 0.919. The highest BCUT2D eigenvalue weighted by atomic mass is 16.4. The zero-order valence-electron chi connectivity index (χ0n) is 11.4. The van der Waals surface area contributed by atoms with Gasteiger partial charge in [0.2, 0.25) is 0 Å². The van der Waals surface area contributed by atoms with Crippen LogP contribution >= 0.6 is 0 Å². The maximum Gasteiger partial charge on any atom is 0.323 e. The van der Waals surface area contributed by atoms with Gasteiger partial charge in [0.15, 0.2) is 0 Å². The van der Waals surface area contributed by atoms with Gasteiger partial charge >= 0.3 is 5.97 Å². The van der Waals surface area contributed by atoms with Gasteiger partial charge in [-0.25, -0.2) is 4.98 Å². The lowest BCUT2D eigenvalue weighted by Gasteiger charge is -2.36. The summed E-state index contributed by atoms with van der Waals surface area (Å²) < 4.78 is 0. The molecule has 0 radical (unpaired) electrons. The smallest absolute Gasteiger partial charge is 0.323 e. The molecule has 2 rings (SSSR count). The van der Waals surface area contributed by atoms with Crippen molar-refractivity contribution in [2.45, 2.75) is 26.3 Å². The van der Waals surface area contributed by atoms with Crippen LogP contribution in [-0.2, 0) is 4.79 Å². The fraction of sp³-hybridized carbons (Fsp3) is 0.333. The maximum atomic E-state index is 11.1. The topological polar surface area (TPSA) is 53.4 Å². The molecular formula is C15H18N2O2. The minimum atomic E-state index is -0.857. The van der Waals surface area contributed by atoms with Crippen molar-refractivity contribution < 1.29 is 9.90 Å². The third-order valence-corrected chi connectivity index (χ3v) is 3.01. The number of anilines is 1. The molecule has 4 nitrogen and oxygen atoms in total. The van der Waals surface area contributed by atoms with E-state index in [9.17, 15) is 4.79 Å². The highest BCUT2D eigenvalue weighted by molar-refractivity contribution is 5.93. The van der Waals surface area contributed by atoms with Crippen molar-refractivity contribution in [2.24, 2.45) is 0 Å². The molecule has 1 N–H and O–H groups in total. The zero-order chi connectivity index (χ0) is 14.0. The van der Waals surface area contributed by atoms with Gasteiger partial charge in [0.05, 0.1) is 0 Å². The average molecular weight is 258 g/mol. The summed E-state index contributed by atoms with van der Waals surface area (Å²) in [7, 11) is 0. The number of hydrogen-bond acceptors (Lipinski definition) is 3. The number of benzene rings is 1. The number of carboxylic acids is 1. The second kappa shape index (κ2) is 4.88. The van der Waals surface area contributed by atoms with Gasteiger partial charge in [-0.15, -0.1) is 0 Å². The molecule has 1 aromatic heterocycles. The SMILES string of the molecule is CC(C)(C)N(CC(=O)O)c1nccc2ccccc12. The van der Waals surface area contributed by atoms with E-state index in [2.05, 4.69) is 4.98 Å². The fourth-order valence-electron chi connectivity index (χ4n) is 2.08. The second-order valence-electron chi connectivity index (χ2n) is 5.51. The van der Waals surface area contributed by atoms with Crippen LogP contribution in [0.15, 0.2) is 36.5 Å². The van der Waals surface area contributed by atoms with E-state index in [1.165, 1.54) is 0 Å². The van der Waals surface area contributed by atoms with E-state index < -0.39 is 5.97 Å². The molecule has 4 heteroatoms. The summed E-state index contributed by atoms with van der Waals surface area (Å²) in [6, 6.07) is 9.81. The largest absolute Gasteiger partial charge is 0.480 e. The summed E-state index contributed by atoms with van der Waals surface area (Å²) in [6.45, 7) is 5.89. The fourth-order valence-corrected chi connectivity index (χ4v) is 2.08. The van der Waals surface area contributed by atoms with Crippen LogP contribution in [0.2, 0.25) is 0 Å². The first-order valence-electron chi connectivity index (χ1n) is 6.23. The van der Waals surface area contributed by atoms with Crippen molar-refractivity contribution in [1.29, 1.82) is 0 Å². The maximum absolute atomic E-state index is 11.1. The van der Waals surface area contributed by atoms with Crippen molar-refractivity contribution in [3.8, 4) is 0 Å². The molecular weight excluding hydrogens is 240 g/mol. The molecule has 0 unspecified atom stereocenters. The molecule has 1 aromatic carbocycles. The second-order valence-corrected chi connectivity index (χ2v) is 5.51. The summed E-state index contributed by atoms with van der Waals surface area (Å²) >= 11 is 0. The molecule has 1 heterocycles. The van der Waals surface area contributed by atoms with E-state index in [0.29, 0.717) is 5.82 Å². The van der Waals surface area contributed by atoms with Crippen LogP contribution < -0.4 is 4.90 Å². The van der Waals surface area contributed by atoms with Crippen molar-refractivity contribution in [3.05, 3.63) is 36.5 Å². The van der Waals surface area contributed by atoms with Crippen LogP contribution in [-0.4, -0.2) is 28.1 Å². The highest BCUT2D eigenvalue weighted by Crippen LogP contribution is 2.28. The standard InChI is InChI=1S/C15H18N2O2/c1-15(2,3)17(10-13(18)19)14-12-7-5-4-6-11(12)8-9-16-14/h4-9H,10H2,1-3H3,(H,18,19). The van der Waals surface area contributed by atoms with Gasteiger partial charge in [0.25, 0.3) is 0 Å². The predicted molar refractivity (Wildman–Crippen MR) is 76.5 cm³/mol. The van der Waals surface area contributed by atoms with E-state index in [0.717, 1.165) is 10.8 Å². The Kier molecular flexibility index (Phi) is 3.42. The molecule has 0 fully saturated rings. The van der Waals surface area contributed by atoms with E-state index in [4.69, 9.17) is 5.11 Å². The number of carbonyl (C=O) groups is 1. The number of nitrogens with zero attached hydrogens (tertiary/aromatic N) is 2. The summed E-state index contributed by atoms with van der Waals surface area (Å²) in [5, 5.41) is 11.1. The molecule has 19 heavy (non-hydrogen) atoms. The Morgan fingerprint density at radius 1 is 1.26 bits per heavy atom. The first-order chi connectivity index (χ1) is 8.89. The first-order valence-corrected chi connectivity index (χ1v) is 6.23. The minimum Gasteiger partial charge on any atom is -0.480 e. The molecule has 0 aliphatic heterocycles. The molecule has 2 aromatic rings. The Morgan fingerprint density at radius 2 is 1.95 bits per heavy atom. The lowest BCUT2D eigenvalue weighted by Crippen LogP contribution is -2.45. The molecule has 0 saturated heterocycles. The number of aromatic nitrogens is 1. The van der Waals surface area contributed by atoms with Gasteiger partial charge in [0, 0.05) is 17.1 Å². The first kappa shape index (κ1) is 13.3. The van der Waals surface area contributed by atoms with Crippen molar-refractivity contribution >= 4 is 22.6 Å². The van der Waals surface area contributed by atoms with Crippen molar-refractivity contribution in [2.75, 3.05) is 11.4 Å². The molecule has 0 spiro atoms. The molecule has 0 atom stereocenters. The van der Waals surface area contributed by atoms with Crippen LogP contribution in [0.5, 0.6) is 0 Å². The van der Waals surface area contributed by atoms with Crippen molar-refractivity contribution in [3.63, 3.8) is 0 Å². The molecule has 0 aliphatic carbocycles. The highest BCUT2D eigenvalue weighted by Gasteiger charge is 2.26. The summed E-state index contributed by atoms with van der Waals surface area (Å²) in [6.07, 6.45) is 1.72. The van der Waals surface area contributed by atoms with Crippen LogP contribution in [0.25, 0.3) is 10.8 Å². The van der Waals surface area contributed by atoms with Gasteiger partial charge in [-0.1, -0.05) is 24.3 Å². The third-order valence-electron chi connectivity index (χ3n) is 3.01.